The molecule has 1 atom stereocenters. The van der Waals surface area contributed by atoms with E-state index in [0.717, 1.165) is 37.9 Å². The minimum absolute atomic E-state index is 0.0512. The van der Waals surface area contributed by atoms with Crippen LogP contribution in [-0.2, 0) is 16.0 Å². The summed E-state index contributed by atoms with van der Waals surface area (Å²) < 4.78 is 11.1. The van der Waals surface area contributed by atoms with Crippen molar-refractivity contribution in [3.05, 3.63) is 63.6 Å². The highest BCUT2D eigenvalue weighted by Gasteiger charge is 2.23. The molecule has 3 N–H and O–H groups in total. The van der Waals surface area contributed by atoms with Crippen LogP contribution in [0.1, 0.15) is 35.2 Å². The summed E-state index contributed by atoms with van der Waals surface area (Å²) >= 11 is 12.1. The Bertz CT molecular complexity index is 994. The van der Waals surface area contributed by atoms with Gasteiger partial charge in [0.2, 0.25) is 0 Å². The predicted octanol–water partition coefficient (Wildman–Crippen LogP) is 3.94. The largest absolute Gasteiger partial charge is 0.494 e. The first kappa shape index (κ1) is 25.6. The van der Waals surface area contributed by atoms with Gasteiger partial charge in [-0.3, -0.25) is 4.79 Å². The molecule has 1 amide bonds. The highest BCUT2D eigenvalue weighted by molar-refractivity contribution is 6.39. The van der Waals surface area contributed by atoms with Gasteiger partial charge in [0.05, 0.1) is 28.8 Å². The lowest BCUT2D eigenvalue weighted by Crippen LogP contribution is -2.42. The summed E-state index contributed by atoms with van der Waals surface area (Å²) in [5, 5.41) is 15.5. The number of carboxylic acids is 1. The highest BCUT2D eigenvalue weighted by atomic mass is 35.5. The molecule has 3 rings (SSSR count). The van der Waals surface area contributed by atoms with Gasteiger partial charge in [0.1, 0.15) is 11.8 Å². The summed E-state index contributed by atoms with van der Waals surface area (Å²) in [4.78, 5) is 28.5. The number of nitrogens with one attached hydrogen (secondary N) is 2. The van der Waals surface area contributed by atoms with Gasteiger partial charge < -0.3 is 25.2 Å². The van der Waals surface area contributed by atoms with Crippen molar-refractivity contribution in [1.29, 1.82) is 0 Å². The van der Waals surface area contributed by atoms with E-state index in [1.54, 1.807) is 30.3 Å². The average Bonchev–Trinajstić information content (AvgIpc) is 2.82. The van der Waals surface area contributed by atoms with Crippen molar-refractivity contribution in [2.24, 2.45) is 4.99 Å². The molecule has 8 nitrogen and oxygen atoms in total. The second-order valence-electron chi connectivity index (χ2n) is 7.68. The van der Waals surface area contributed by atoms with Crippen molar-refractivity contribution >= 4 is 41.1 Å². The van der Waals surface area contributed by atoms with Gasteiger partial charge >= 0.3 is 5.97 Å². The third-order valence-electron chi connectivity index (χ3n) is 5.07. The summed E-state index contributed by atoms with van der Waals surface area (Å²) in [5.74, 6) is -1.11. The predicted molar refractivity (Wildman–Crippen MR) is 131 cm³/mol. The molecule has 0 bridgehead atoms. The standard InChI is InChI=1S/C24H27Cl2N3O5/c25-18-5-3-6-19(26)21(18)22(30)29-20(23(31)32)15-16-7-9-17(10-8-16)33-13-2-1-11-27-24-28-12-4-14-34-24/h3,5-10,20H,1-2,4,11-15H2,(H,27,28)(H,29,30)(H,31,32)/t20-/m0/s1. The number of carbonyl (C=O) groups is 2. The Labute approximate surface area is 208 Å². The first-order valence-corrected chi connectivity index (χ1v) is 11.8. The van der Waals surface area contributed by atoms with Crippen molar-refractivity contribution in [3.8, 4) is 5.75 Å². The number of unbranched alkanes of at least 4 members (excludes halogenated alkanes) is 1. The summed E-state index contributed by atoms with van der Waals surface area (Å²) in [7, 11) is 0. The molecule has 0 aliphatic carbocycles. The first-order valence-electron chi connectivity index (χ1n) is 11.0. The molecule has 0 fully saturated rings. The zero-order valence-corrected chi connectivity index (χ0v) is 20.1. The number of rotatable bonds is 11. The Balaban J connectivity index is 1.44. The molecular weight excluding hydrogens is 481 g/mol. The van der Waals surface area contributed by atoms with Gasteiger partial charge in [0.25, 0.3) is 11.9 Å². The third kappa shape index (κ3) is 7.81. The minimum atomic E-state index is -1.16. The van der Waals surface area contributed by atoms with Crippen LogP contribution in [0.4, 0.5) is 0 Å². The van der Waals surface area contributed by atoms with Crippen LogP contribution >= 0.6 is 23.2 Å². The van der Waals surface area contributed by atoms with Crippen molar-refractivity contribution < 1.29 is 24.2 Å². The fourth-order valence-corrected chi connectivity index (χ4v) is 3.85. The number of aliphatic carboxylic acids is 1. The molecule has 1 aliphatic rings. The van der Waals surface area contributed by atoms with Crippen LogP contribution in [0.5, 0.6) is 5.75 Å². The van der Waals surface area contributed by atoms with Gasteiger partial charge in [-0.1, -0.05) is 41.4 Å². The van der Waals surface area contributed by atoms with Crippen molar-refractivity contribution in [3.63, 3.8) is 0 Å². The van der Waals surface area contributed by atoms with E-state index >= 15 is 0 Å². The van der Waals surface area contributed by atoms with Crippen LogP contribution in [0.25, 0.3) is 0 Å². The number of benzene rings is 2. The van der Waals surface area contributed by atoms with E-state index in [9.17, 15) is 14.7 Å². The molecule has 10 heteroatoms. The van der Waals surface area contributed by atoms with Crippen LogP contribution in [0.15, 0.2) is 47.5 Å². The van der Waals surface area contributed by atoms with Crippen molar-refractivity contribution in [1.82, 2.24) is 10.6 Å². The SMILES string of the molecule is O=C(N[C@@H](Cc1ccc(OCCCCNC2=NCCCO2)cc1)C(=O)O)c1c(Cl)cccc1Cl. The molecule has 0 saturated heterocycles. The number of halogens is 2. The lowest BCUT2D eigenvalue weighted by atomic mass is 10.1. The minimum Gasteiger partial charge on any atom is -0.494 e. The average molecular weight is 508 g/mol. The second-order valence-corrected chi connectivity index (χ2v) is 8.49. The van der Waals surface area contributed by atoms with Gasteiger partial charge in [-0.25, -0.2) is 9.79 Å². The zero-order chi connectivity index (χ0) is 24.3. The quantitative estimate of drug-likeness (QED) is 0.397. The number of hydrogen-bond donors (Lipinski definition) is 3. The molecule has 0 radical (unpaired) electrons. The van der Waals surface area contributed by atoms with Gasteiger partial charge in [-0.2, -0.15) is 0 Å². The maximum absolute atomic E-state index is 12.5. The van der Waals surface area contributed by atoms with Crippen LogP contribution in [-0.4, -0.2) is 55.3 Å². The summed E-state index contributed by atoms with van der Waals surface area (Å²) in [5.41, 5.74) is 0.790. The second kappa shape index (κ2) is 13.1. The fraction of sp³-hybridized carbons (Fsp3) is 0.375. The summed E-state index contributed by atoms with van der Waals surface area (Å²) in [6.45, 7) is 2.83. The van der Waals surface area contributed by atoms with E-state index in [1.807, 2.05) is 0 Å². The van der Waals surface area contributed by atoms with Gasteiger partial charge in [0, 0.05) is 25.9 Å². The van der Waals surface area contributed by atoms with Gasteiger partial charge in [0.15, 0.2) is 0 Å². The highest BCUT2D eigenvalue weighted by Crippen LogP contribution is 2.24. The van der Waals surface area contributed by atoms with Gasteiger partial charge in [-0.05, 0) is 42.7 Å². The normalized spacial score (nSPS) is 13.9. The van der Waals surface area contributed by atoms with Gasteiger partial charge in [-0.15, -0.1) is 0 Å². The Morgan fingerprint density at radius 1 is 1.12 bits per heavy atom. The zero-order valence-electron chi connectivity index (χ0n) is 18.6. The van der Waals surface area contributed by atoms with Crippen LogP contribution in [0.2, 0.25) is 10.0 Å². The number of nitrogens with zero attached hydrogens (tertiary/aromatic N) is 1. The van der Waals surface area contributed by atoms with Crippen molar-refractivity contribution in [2.75, 3.05) is 26.3 Å². The first-order chi connectivity index (χ1) is 16.4. The van der Waals surface area contributed by atoms with E-state index in [2.05, 4.69) is 15.6 Å². The molecule has 0 unspecified atom stereocenters. The number of carbonyl (C=O) groups excluding carboxylic acids is 1. The van der Waals surface area contributed by atoms with Crippen LogP contribution in [0.3, 0.4) is 0 Å². The number of ether oxygens (including phenoxy) is 2. The molecule has 2 aromatic carbocycles. The summed E-state index contributed by atoms with van der Waals surface area (Å²) in [6.07, 6.45) is 2.83. The molecule has 0 spiro atoms. The lowest BCUT2D eigenvalue weighted by molar-refractivity contribution is -0.139. The van der Waals surface area contributed by atoms with E-state index in [0.29, 0.717) is 25.0 Å². The summed E-state index contributed by atoms with van der Waals surface area (Å²) in [6, 6.07) is 11.2. The number of carboxylic acid groups (broad SMARTS) is 1. The molecule has 34 heavy (non-hydrogen) atoms. The molecule has 1 aliphatic heterocycles. The maximum Gasteiger partial charge on any atom is 0.326 e. The Morgan fingerprint density at radius 3 is 2.50 bits per heavy atom. The number of amidine groups is 1. The molecule has 182 valence electrons. The van der Waals surface area contributed by atoms with E-state index in [1.165, 1.54) is 12.1 Å². The van der Waals surface area contributed by atoms with E-state index < -0.39 is 17.9 Å². The molecule has 1 heterocycles. The molecule has 0 saturated carbocycles. The van der Waals surface area contributed by atoms with Crippen molar-refractivity contribution in [2.45, 2.75) is 31.7 Å². The third-order valence-corrected chi connectivity index (χ3v) is 5.70. The smallest absolute Gasteiger partial charge is 0.326 e. The fourth-order valence-electron chi connectivity index (χ4n) is 3.28. The number of amides is 1. The van der Waals surface area contributed by atoms with Crippen LogP contribution in [0, 0.1) is 0 Å². The number of hydrogen-bond acceptors (Lipinski definition) is 6. The Morgan fingerprint density at radius 2 is 1.85 bits per heavy atom. The Hall–Kier alpha value is -2.97. The molecular formula is C24H27Cl2N3O5. The number of aliphatic imine (C=N–C) groups is 1. The lowest BCUT2D eigenvalue weighted by Gasteiger charge is -2.16. The van der Waals surface area contributed by atoms with E-state index in [-0.39, 0.29) is 22.0 Å². The topological polar surface area (TPSA) is 109 Å². The monoisotopic (exact) mass is 507 g/mol. The molecule has 2 aromatic rings. The Kier molecular flexibility index (Phi) is 9.85. The molecule has 0 aromatic heterocycles. The van der Waals surface area contributed by atoms with Crippen LogP contribution < -0.4 is 15.4 Å². The van der Waals surface area contributed by atoms with E-state index in [4.69, 9.17) is 32.7 Å². The maximum atomic E-state index is 12.5.